The average molecular weight is 158 g/mol. The van der Waals surface area contributed by atoms with Crippen molar-refractivity contribution < 1.29 is 0 Å². The monoisotopic (exact) mass is 157 g/mol. The molecule has 0 aromatic carbocycles. The fourth-order valence-electron chi connectivity index (χ4n) is 0.134. The molecule has 1 radical (unpaired) electrons. The SMILES string of the molecule is C=C[CH]C(Cl)(Cl)Cl. The summed E-state index contributed by atoms with van der Waals surface area (Å²) in [6.07, 6.45) is 2.81. The van der Waals surface area contributed by atoms with E-state index in [0.29, 0.717) is 0 Å². The molecule has 0 spiro atoms. The van der Waals surface area contributed by atoms with Crippen LogP contribution in [0.25, 0.3) is 0 Å². The van der Waals surface area contributed by atoms with E-state index in [4.69, 9.17) is 34.8 Å². The van der Waals surface area contributed by atoms with Crippen molar-refractivity contribution >= 4 is 34.8 Å². The summed E-state index contributed by atoms with van der Waals surface area (Å²) in [6.45, 7) is 3.34. The molecule has 0 aromatic heterocycles. The zero-order valence-electron chi connectivity index (χ0n) is 3.50. The second kappa shape index (κ2) is 2.81. The molecule has 0 aliphatic rings. The van der Waals surface area contributed by atoms with Gasteiger partial charge in [-0.15, -0.1) is 6.58 Å². The Hall–Kier alpha value is 0.610. The van der Waals surface area contributed by atoms with Gasteiger partial charge in [0.1, 0.15) is 0 Å². The van der Waals surface area contributed by atoms with E-state index in [1.807, 2.05) is 0 Å². The van der Waals surface area contributed by atoms with Gasteiger partial charge in [-0.1, -0.05) is 40.9 Å². The Morgan fingerprint density at radius 2 is 1.71 bits per heavy atom. The van der Waals surface area contributed by atoms with E-state index in [-0.39, 0.29) is 0 Å². The lowest BCUT2D eigenvalue weighted by Gasteiger charge is -2.03. The lowest BCUT2D eigenvalue weighted by Crippen LogP contribution is -1.98. The minimum atomic E-state index is -1.28. The maximum atomic E-state index is 5.24. The Morgan fingerprint density at radius 3 is 1.71 bits per heavy atom. The summed E-state index contributed by atoms with van der Waals surface area (Å²) < 4.78 is -1.28. The van der Waals surface area contributed by atoms with Crippen LogP contribution >= 0.6 is 34.8 Å². The molecule has 0 fully saturated rings. The van der Waals surface area contributed by atoms with Crippen LogP contribution in [0.5, 0.6) is 0 Å². The van der Waals surface area contributed by atoms with Crippen LogP contribution in [-0.2, 0) is 0 Å². The largest absolute Gasteiger partial charge is 0.197 e. The molecule has 0 nitrogen and oxygen atoms in total. The van der Waals surface area contributed by atoms with Crippen LogP contribution in [-0.4, -0.2) is 3.79 Å². The maximum Gasteiger partial charge on any atom is 0.197 e. The van der Waals surface area contributed by atoms with Gasteiger partial charge < -0.3 is 0 Å². The third-order valence-electron chi connectivity index (χ3n) is 0.307. The fraction of sp³-hybridized carbons (Fsp3) is 0.250. The number of halogens is 3. The Bertz CT molecular complexity index is 61.8. The molecule has 3 heteroatoms. The summed E-state index contributed by atoms with van der Waals surface area (Å²) in [4.78, 5) is 0. The van der Waals surface area contributed by atoms with E-state index in [1.165, 1.54) is 12.5 Å². The van der Waals surface area contributed by atoms with Crippen LogP contribution in [0.1, 0.15) is 0 Å². The maximum absolute atomic E-state index is 5.24. The molecule has 0 aliphatic carbocycles. The average Bonchev–Trinajstić information content (AvgIpc) is 1.30. The Balaban J connectivity index is 3.34. The van der Waals surface area contributed by atoms with Gasteiger partial charge in [-0.2, -0.15) is 0 Å². The lowest BCUT2D eigenvalue weighted by molar-refractivity contribution is 1.34. The molecule has 0 unspecified atom stereocenters. The Morgan fingerprint density at radius 1 is 1.29 bits per heavy atom. The van der Waals surface area contributed by atoms with Gasteiger partial charge in [0.15, 0.2) is 3.79 Å². The molecule has 0 aromatic rings. The first kappa shape index (κ1) is 7.61. The van der Waals surface area contributed by atoms with Gasteiger partial charge in [-0.3, -0.25) is 0 Å². The van der Waals surface area contributed by atoms with E-state index >= 15 is 0 Å². The van der Waals surface area contributed by atoms with Crippen LogP contribution in [0.2, 0.25) is 0 Å². The van der Waals surface area contributed by atoms with Gasteiger partial charge in [0.05, 0.1) is 0 Å². The van der Waals surface area contributed by atoms with Gasteiger partial charge in [-0.05, 0) is 0 Å². The molecule has 0 amide bonds. The Kier molecular flexibility index (Phi) is 3.05. The molecule has 41 valence electrons. The lowest BCUT2D eigenvalue weighted by atomic mass is 10.5. The minimum Gasteiger partial charge on any atom is -0.103 e. The van der Waals surface area contributed by atoms with Crippen molar-refractivity contribution in [2.45, 2.75) is 3.79 Å². The minimum absolute atomic E-state index is 1.28. The molecule has 0 rings (SSSR count). The summed E-state index contributed by atoms with van der Waals surface area (Å²) in [7, 11) is 0. The van der Waals surface area contributed by atoms with E-state index in [1.54, 1.807) is 0 Å². The predicted molar refractivity (Wildman–Crippen MR) is 34.8 cm³/mol. The topological polar surface area (TPSA) is 0 Å². The van der Waals surface area contributed by atoms with Crippen molar-refractivity contribution in [2.75, 3.05) is 0 Å². The molecule has 0 aliphatic heterocycles. The quantitative estimate of drug-likeness (QED) is 0.515. The smallest absolute Gasteiger partial charge is 0.103 e. The van der Waals surface area contributed by atoms with Gasteiger partial charge in [0.25, 0.3) is 0 Å². The first-order valence-electron chi connectivity index (χ1n) is 1.60. The van der Waals surface area contributed by atoms with Crippen molar-refractivity contribution in [1.82, 2.24) is 0 Å². The summed E-state index contributed by atoms with van der Waals surface area (Å²) in [5.41, 5.74) is 0. The third kappa shape index (κ3) is 6.61. The van der Waals surface area contributed by atoms with Crippen LogP contribution in [0, 0.1) is 6.42 Å². The summed E-state index contributed by atoms with van der Waals surface area (Å²) >= 11 is 15.7. The van der Waals surface area contributed by atoms with Gasteiger partial charge in [0, 0.05) is 6.42 Å². The summed E-state index contributed by atoms with van der Waals surface area (Å²) in [5.74, 6) is 0. The van der Waals surface area contributed by atoms with Crippen LogP contribution in [0.4, 0.5) is 0 Å². The van der Waals surface area contributed by atoms with Gasteiger partial charge >= 0.3 is 0 Å². The highest BCUT2D eigenvalue weighted by atomic mass is 35.6. The molecule has 0 bridgehead atoms. The molecule has 0 saturated carbocycles. The normalized spacial score (nSPS) is 11.3. The number of alkyl halides is 3. The number of hydrogen-bond donors (Lipinski definition) is 0. The van der Waals surface area contributed by atoms with E-state index in [0.717, 1.165) is 0 Å². The number of allylic oxidation sites excluding steroid dienone is 1. The van der Waals surface area contributed by atoms with Crippen molar-refractivity contribution in [2.24, 2.45) is 0 Å². The van der Waals surface area contributed by atoms with Crippen LogP contribution in [0.3, 0.4) is 0 Å². The first-order chi connectivity index (χ1) is 3.06. The first-order valence-corrected chi connectivity index (χ1v) is 2.73. The summed E-state index contributed by atoms with van der Waals surface area (Å²) in [5, 5.41) is 0. The fourth-order valence-corrected chi connectivity index (χ4v) is 0.401. The van der Waals surface area contributed by atoms with Gasteiger partial charge in [0.2, 0.25) is 0 Å². The highest BCUT2D eigenvalue weighted by Crippen LogP contribution is 2.28. The van der Waals surface area contributed by atoms with Crippen molar-refractivity contribution in [3.05, 3.63) is 19.1 Å². The second-order valence-corrected chi connectivity index (χ2v) is 3.31. The van der Waals surface area contributed by atoms with Crippen molar-refractivity contribution in [3.8, 4) is 0 Å². The molecule has 0 N–H and O–H groups in total. The zero-order valence-corrected chi connectivity index (χ0v) is 5.76. The second-order valence-electron chi connectivity index (χ2n) is 0.944. The molecule has 0 saturated heterocycles. The van der Waals surface area contributed by atoms with E-state index in [9.17, 15) is 0 Å². The summed E-state index contributed by atoms with van der Waals surface area (Å²) in [6, 6.07) is 0. The predicted octanol–water partition coefficient (Wildman–Crippen LogP) is 2.75. The van der Waals surface area contributed by atoms with Crippen molar-refractivity contribution in [1.29, 1.82) is 0 Å². The highest BCUT2D eigenvalue weighted by molar-refractivity contribution is 6.68. The Labute approximate surface area is 58.1 Å². The molecular formula is C4H4Cl3. The molecular weight excluding hydrogens is 154 g/mol. The number of hydrogen-bond acceptors (Lipinski definition) is 0. The van der Waals surface area contributed by atoms with E-state index < -0.39 is 3.79 Å². The van der Waals surface area contributed by atoms with Crippen LogP contribution < -0.4 is 0 Å². The standard InChI is InChI=1S/C4H4Cl3/c1-2-3-4(5,6)7/h2-3H,1H2. The van der Waals surface area contributed by atoms with E-state index in [2.05, 4.69) is 6.58 Å². The van der Waals surface area contributed by atoms with Gasteiger partial charge in [-0.25, -0.2) is 0 Å². The third-order valence-corrected chi connectivity index (χ3v) is 0.685. The highest BCUT2D eigenvalue weighted by Gasteiger charge is 2.16. The van der Waals surface area contributed by atoms with Crippen LogP contribution in [0.15, 0.2) is 12.7 Å². The number of rotatable bonds is 1. The van der Waals surface area contributed by atoms with Crippen molar-refractivity contribution in [3.63, 3.8) is 0 Å². The molecule has 0 heterocycles. The zero-order chi connectivity index (χ0) is 5.91. The molecule has 0 atom stereocenters. The molecule has 7 heavy (non-hydrogen) atoms.